The lowest BCUT2D eigenvalue weighted by molar-refractivity contribution is -0.384. The number of nitro benzene ring substituents is 1. The average molecular weight is 437 g/mol. The number of carbonyl (C=O) groups excluding carboxylic acids is 1. The number of aryl methyl sites for hydroxylation is 1. The Morgan fingerprint density at radius 2 is 2.03 bits per heavy atom. The minimum atomic E-state index is -0.522. The third-order valence-corrected chi connectivity index (χ3v) is 6.75. The van der Waals surface area contributed by atoms with Crippen LogP contribution in [-0.2, 0) is 4.79 Å². The standard InChI is InChI=1S/C20H25ClN4O3S/c1-12-13(2)24(15-7-5-4-6-8-15)20(22-12)29-14(3)19(26)23-18-10-9-16(25(27)28)11-17(18)21/h9-11,14-15H,4-8H2,1-3H3,(H,23,26). The van der Waals surface area contributed by atoms with Gasteiger partial charge in [-0.15, -0.1) is 0 Å². The topological polar surface area (TPSA) is 90.1 Å². The van der Waals surface area contributed by atoms with Crippen molar-refractivity contribution in [2.24, 2.45) is 0 Å². The number of aromatic nitrogens is 2. The van der Waals surface area contributed by atoms with Crippen LogP contribution in [0.4, 0.5) is 11.4 Å². The monoisotopic (exact) mass is 436 g/mol. The lowest BCUT2D eigenvalue weighted by Gasteiger charge is -2.26. The molecule has 7 nitrogen and oxygen atoms in total. The Bertz CT molecular complexity index is 925. The van der Waals surface area contributed by atoms with Crippen molar-refractivity contribution in [1.29, 1.82) is 0 Å². The molecule has 1 saturated carbocycles. The van der Waals surface area contributed by atoms with Gasteiger partial charge in [-0.25, -0.2) is 4.98 Å². The molecule has 1 aliphatic carbocycles. The molecular formula is C20H25ClN4O3S. The number of non-ortho nitro benzene ring substituents is 1. The fourth-order valence-corrected chi connectivity index (χ4v) is 4.91. The Morgan fingerprint density at radius 3 is 2.66 bits per heavy atom. The van der Waals surface area contributed by atoms with E-state index in [4.69, 9.17) is 16.6 Å². The SMILES string of the molecule is Cc1nc(SC(C)C(=O)Nc2ccc([N+](=O)[O-])cc2Cl)n(C2CCCCC2)c1C. The largest absolute Gasteiger partial charge is 0.324 e. The summed E-state index contributed by atoms with van der Waals surface area (Å²) < 4.78 is 2.29. The molecule has 1 atom stereocenters. The number of imidazole rings is 1. The highest BCUT2D eigenvalue weighted by Crippen LogP contribution is 2.36. The Morgan fingerprint density at radius 1 is 1.34 bits per heavy atom. The van der Waals surface area contributed by atoms with E-state index in [-0.39, 0.29) is 16.6 Å². The smallest absolute Gasteiger partial charge is 0.271 e. The number of benzene rings is 1. The summed E-state index contributed by atoms with van der Waals surface area (Å²) in [5, 5.41) is 14.2. The van der Waals surface area contributed by atoms with Gasteiger partial charge in [0.1, 0.15) is 0 Å². The molecule has 156 valence electrons. The molecule has 1 aromatic heterocycles. The van der Waals surface area contributed by atoms with E-state index in [1.807, 2.05) is 13.8 Å². The first-order valence-corrected chi connectivity index (χ1v) is 11.0. The lowest BCUT2D eigenvalue weighted by atomic mass is 9.95. The summed E-state index contributed by atoms with van der Waals surface area (Å²) in [6.45, 7) is 5.91. The van der Waals surface area contributed by atoms with Crippen molar-refractivity contribution in [2.45, 2.75) is 69.3 Å². The van der Waals surface area contributed by atoms with Crippen LogP contribution in [0.3, 0.4) is 0 Å². The van der Waals surface area contributed by atoms with Crippen LogP contribution in [-0.4, -0.2) is 25.6 Å². The Hall–Kier alpha value is -2.06. The highest BCUT2D eigenvalue weighted by Gasteiger charge is 2.25. The van der Waals surface area contributed by atoms with Crippen molar-refractivity contribution in [3.63, 3.8) is 0 Å². The van der Waals surface area contributed by atoms with Gasteiger partial charge in [-0.3, -0.25) is 14.9 Å². The van der Waals surface area contributed by atoms with E-state index in [1.54, 1.807) is 0 Å². The third kappa shape index (κ3) is 4.93. The molecule has 0 aliphatic heterocycles. The highest BCUT2D eigenvalue weighted by molar-refractivity contribution is 8.00. The van der Waals surface area contributed by atoms with E-state index >= 15 is 0 Å². The van der Waals surface area contributed by atoms with Crippen LogP contribution in [0.15, 0.2) is 23.4 Å². The summed E-state index contributed by atoms with van der Waals surface area (Å²) in [7, 11) is 0. The zero-order valence-electron chi connectivity index (χ0n) is 16.8. The number of halogens is 1. The maximum absolute atomic E-state index is 12.7. The Kier molecular flexibility index (Phi) is 6.85. The van der Waals surface area contributed by atoms with E-state index in [2.05, 4.69) is 16.8 Å². The molecule has 9 heteroatoms. The van der Waals surface area contributed by atoms with Gasteiger partial charge in [-0.05, 0) is 39.7 Å². The molecule has 29 heavy (non-hydrogen) atoms. The van der Waals surface area contributed by atoms with Crippen LogP contribution in [0.5, 0.6) is 0 Å². The minimum absolute atomic E-state index is 0.115. The van der Waals surface area contributed by atoms with Crippen LogP contribution >= 0.6 is 23.4 Å². The van der Waals surface area contributed by atoms with Crippen LogP contribution in [0.1, 0.15) is 56.5 Å². The summed E-state index contributed by atoms with van der Waals surface area (Å²) in [4.78, 5) is 27.7. The Balaban J connectivity index is 1.73. The van der Waals surface area contributed by atoms with Crippen molar-refractivity contribution >= 4 is 40.6 Å². The van der Waals surface area contributed by atoms with E-state index < -0.39 is 10.2 Å². The van der Waals surface area contributed by atoms with Gasteiger partial charge in [0.25, 0.3) is 5.69 Å². The van der Waals surface area contributed by atoms with Gasteiger partial charge < -0.3 is 9.88 Å². The van der Waals surface area contributed by atoms with Crippen LogP contribution in [0.2, 0.25) is 5.02 Å². The first-order chi connectivity index (χ1) is 13.8. The maximum atomic E-state index is 12.7. The van der Waals surface area contributed by atoms with Gasteiger partial charge in [0, 0.05) is 23.9 Å². The van der Waals surface area contributed by atoms with E-state index in [1.165, 1.54) is 49.2 Å². The molecule has 1 heterocycles. The van der Waals surface area contributed by atoms with Gasteiger partial charge >= 0.3 is 0 Å². The predicted octanol–water partition coefficient (Wildman–Crippen LogP) is 5.69. The second kappa shape index (κ2) is 9.17. The van der Waals surface area contributed by atoms with Crippen molar-refractivity contribution in [3.05, 3.63) is 44.7 Å². The first kappa shape index (κ1) is 21.6. The maximum Gasteiger partial charge on any atom is 0.271 e. The summed E-state index contributed by atoms with van der Waals surface area (Å²) in [6, 6.07) is 4.44. The van der Waals surface area contributed by atoms with Gasteiger partial charge in [0.2, 0.25) is 5.91 Å². The Labute approximate surface area is 179 Å². The van der Waals surface area contributed by atoms with E-state index in [0.29, 0.717) is 11.7 Å². The number of carbonyl (C=O) groups is 1. The second-order valence-corrected chi connectivity index (χ2v) is 9.11. The number of amides is 1. The molecule has 3 rings (SSSR count). The number of hydrogen-bond acceptors (Lipinski definition) is 5. The van der Waals surface area contributed by atoms with E-state index in [0.717, 1.165) is 29.4 Å². The molecular weight excluding hydrogens is 412 g/mol. The van der Waals surface area contributed by atoms with Crippen molar-refractivity contribution in [1.82, 2.24) is 9.55 Å². The fourth-order valence-electron chi connectivity index (χ4n) is 3.61. The second-order valence-electron chi connectivity index (χ2n) is 7.40. The number of thioether (sulfide) groups is 1. The zero-order chi connectivity index (χ0) is 21.1. The molecule has 0 saturated heterocycles. The van der Waals surface area contributed by atoms with Crippen molar-refractivity contribution < 1.29 is 9.72 Å². The third-order valence-electron chi connectivity index (χ3n) is 5.37. The minimum Gasteiger partial charge on any atom is -0.324 e. The number of anilines is 1. The molecule has 1 fully saturated rings. The van der Waals surface area contributed by atoms with Gasteiger partial charge in [0.05, 0.1) is 26.6 Å². The number of nitro groups is 1. The number of hydrogen-bond donors (Lipinski definition) is 1. The number of rotatable bonds is 6. The van der Waals surface area contributed by atoms with Gasteiger partial charge in [-0.1, -0.05) is 42.6 Å². The molecule has 0 bridgehead atoms. The average Bonchev–Trinajstić information content (AvgIpc) is 2.97. The predicted molar refractivity (Wildman–Crippen MR) is 116 cm³/mol. The molecule has 1 amide bonds. The van der Waals surface area contributed by atoms with Crippen molar-refractivity contribution in [3.8, 4) is 0 Å². The van der Waals surface area contributed by atoms with Gasteiger partial charge in [0.15, 0.2) is 5.16 Å². The number of nitrogens with zero attached hydrogens (tertiary/aromatic N) is 3. The van der Waals surface area contributed by atoms with Crippen molar-refractivity contribution in [2.75, 3.05) is 5.32 Å². The van der Waals surface area contributed by atoms with Crippen LogP contribution in [0.25, 0.3) is 0 Å². The molecule has 0 spiro atoms. The lowest BCUT2D eigenvalue weighted by Crippen LogP contribution is -2.24. The molecule has 2 aromatic rings. The molecule has 1 aliphatic rings. The van der Waals surface area contributed by atoms with Gasteiger partial charge in [-0.2, -0.15) is 0 Å². The summed E-state index contributed by atoms with van der Waals surface area (Å²) in [5.74, 6) is -0.223. The summed E-state index contributed by atoms with van der Waals surface area (Å²) in [6.07, 6.45) is 6.01. The number of nitrogens with one attached hydrogen (secondary N) is 1. The van der Waals surface area contributed by atoms with Crippen LogP contribution in [0, 0.1) is 24.0 Å². The summed E-state index contributed by atoms with van der Waals surface area (Å²) >= 11 is 7.52. The molecule has 1 unspecified atom stereocenters. The fraction of sp³-hybridized carbons (Fsp3) is 0.500. The quantitative estimate of drug-likeness (QED) is 0.357. The normalized spacial score (nSPS) is 15.9. The molecule has 1 aromatic carbocycles. The van der Waals surface area contributed by atoms with Crippen LogP contribution < -0.4 is 5.32 Å². The van der Waals surface area contributed by atoms with E-state index in [9.17, 15) is 14.9 Å². The zero-order valence-corrected chi connectivity index (χ0v) is 18.3. The first-order valence-electron chi connectivity index (χ1n) is 9.74. The summed E-state index contributed by atoms with van der Waals surface area (Å²) in [5.41, 5.74) is 2.39. The molecule has 1 N–H and O–H groups in total. The highest BCUT2D eigenvalue weighted by atomic mass is 35.5. The molecule has 0 radical (unpaired) electrons.